The minimum atomic E-state index is -0.452. The van der Waals surface area contributed by atoms with Gasteiger partial charge in [-0.1, -0.05) is 0 Å². The minimum absolute atomic E-state index is 0.112. The number of phenols is 1. The summed E-state index contributed by atoms with van der Waals surface area (Å²) in [4.78, 5) is 10.9. The van der Waals surface area contributed by atoms with E-state index in [0.717, 1.165) is 5.56 Å². The molecule has 0 aromatic heterocycles. The second-order valence-corrected chi connectivity index (χ2v) is 3.90. The molecule has 0 aliphatic carbocycles. The van der Waals surface area contributed by atoms with E-state index < -0.39 is 5.97 Å². The molecule has 1 aromatic carbocycles. The summed E-state index contributed by atoms with van der Waals surface area (Å²) in [5, 5.41) is 9.66. The van der Waals surface area contributed by atoms with Crippen LogP contribution in [0, 0.1) is 6.92 Å². The summed E-state index contributed by atoms with van der Waals surface area (Å²) in [5.74, 6) is -0.340. The second-order valence-electron chi connectivity index (χ2n) is 3.04. The van der Waals surface area contributed by atoms with E-state index in [1.807, 2.05) is 6.92 Å². The fourth-order valence-electron chi connectivity index (χ4n) is 1.11. The molecule has 0 saturated carbocycles. The molecular formula is C11H11BrO3. The second kappa shape index (κ2) is 4.98. The Bertz CT molecular complexity index is 411. The van der Waals surface area contributed by atoms with Crippen LogP contribution < -0.4 is 0 Å². The maximum absolute atomic E-state index is 10.9. The van der Waals surface area contributed by atoms with Gasteiger partial charge in [0.05, 0.1) is 11.6 Å². The van der Waals surface area contributed by atoms with Crippen LogP contribution in [0.15, 0.2) is 22.7 Å². The standard InChI is InChI=1S/C11H11BrO3/c1-7-5-8(3-4-10(13)15-2)11(14)9(12)6-7/h3-6,14H,1-2H3. The summed E-state index contributed by atoms with van der Waals surface area (Å²) < 4.78 is 5.06. The molecule has 0 unspecified atom stereocenters. The van der Waals surface area contributed by atoms with Gasteiger partial charge >= 0.3 is 5.97 Å². The number of ether oxygens (including phenoxy) is 1. The fourth-order valence-corrected chi connectivity index (χ4v) is 1.70. The van der Waals surface area contributed by atoms with Crippen LogP contribution in [0.25, 0.3) is 6.08 Å². The number of hydrogen-bond donors (Lipinski definition) is 1. The Kier molecular flexibility index (Phi) is 3.91. The first-order valence-corrected chi connectivity index (χ1v) is 5.09. The minimum Gasteiger partial charge on any atom is -0.506 e. The third-order valence-corrected chi connectivity index (χ3v) is 2.44. The normalized spacial score (nSPS) is 10.6. The number of aromatic hydroxyl groups is 1. The molecule has 0 radical (unpaired) electrons. The molecule has 80 valence electrons. The lowest BCUT2D eigenvalue weighted by Gasteiger charge is -2.03. The van der Waals surface area contributed by atoms with E-state index in [-0.39, 0.29) is 5.75 Å². The number of esters is 1. The highest BCUT2D eigenvalue weighted by atomic mass is 79.9. The average molecular weight is 271 g/mol. The van der Waals surface area contributed by atoms with Crippen molar-refractivity contribution in [3.05, 3.63) is 33.8 Å². The summed E-state index contributed by atoms with van der Waals surface area (Å²) in [6.07, 6.45) is 2.78. The third kappa shape index (κ3) is 3.09. The summed E-state index contributed by atoms with van der Waals surface area (Å²) in [6, 6.07) is 3.57. The van der Waals surface area contributed by atoms with Crippen molar-refractivity contribution in [2.45, 2.75) is 6.92 Å². The van der Waals surface area contributed by atoms with Gasteiger partial charge < -0.3 is 9.84 Å². The Morgan fingerprint density at radius 3 is 2.80 bits per heavy atom. The predicted octanol–water partition coefficient (Wildman–Crippen LogP) is 2.65. The van der Waals surface area contributed by atoms with E-state index in [0.29, 0.717) is 10.0 Å². The molecule has 1 rings (SSSR count). The van der Waals surface area contributed by atoms with Gasteiger partial charge in [-0.15, -0.1) is 0 Å². The Morgan fingerprint density at radius 2 is 2.20 bits per heavy atom. The van der Waals surface area contributed by atoms with Crippen LogP contribution in [-0.2, 0) is 9.53 Å². The molecule has 0 fully saturated rings. The quantitative estimate of drug-likeness (QED) is 0.664. The molecular weight excluding hydrogens is 260 g/mol. The highest BCUT2D eigenvalue weighted by Gasteiger charge is 2.04. The lowest BCUT2D eigenvalue weighted by atomic mass is 10.1. The molecule has 15 heavy (non-hydrogen) atoms. The van der Waals surface area contributed by atoms with Gasteiger partial charge in [-0.05, 0) is 46.6 Å². The molecule has 0 atom stereocenters. The van der Waals surface area contributed by atoms with Gasteiger partial charge in [0.1, 0.15) is 5.75 Å². The van der Waals surface area contributed by atoms with Crippen LogP contribution in [0.4, 0.5) is 0 Å². The maximum atomic E-state index is 10.9. The number of benzene rings is 1. The molecule has 0 bridgehead atoms. The molecule has 1 aromatic rings. The fraction of sp³-hybridized carbons (Fsp3) is 0.182. The zero-order chi connectivity index (χ0) is 11.4. The number of aryl methyl sites for hydroxylation is 1. The lowest BCUT2D eigenvalue weighted by Crippen LogP contribution is -1.93. The highest BCUT2D eigenvalue weighted by molar-refractivity contribution is 9.10. The molecule has 4 heteroatoms. The monoisotopic (exact) mass is 270 g/mol. The van der Waals surface area contributed by atoms with Gasteiger partial charge in [0, 0.05) is 11.6 Å². The van der Waals surface area contributed by atoms with Gasteiger partial charge in [0.15, 0.2) is 0 Å². The van der Waals surface area contributed by atoms with Crippen molar-refractivity contribution in [2.24, 2.45) is 0 Å². The van der Waals surface area contributed by atoms with Crippen LogP contribution in [-0.4, -0.2) is 18.2 Å². The Labute approximate surface area is 96.5 Å². The van der Waals surface area contributed by atoms with Gasteiger partial charge in [-0.25, -0.2) is 4.79 Å². The summed E-state index contributed by atoms with van der Waals surface area (Å²) in [6.45, 7) is 1.90. The first-order chi connectivity index (χ1) is 7.04. The molecule has 0 spiro atoms. The number of hydrogen-bond acceptors (Lipinski definition) is 3. The van der Waals surface area contributed by atoms with Crippen molar-refractivity contribution < 1.29 is 14.6 Å². The first-order valence-electron chi connectivity index (χ1n) is 4.29. The van der Waals surface area contributed by atoms with Crippen molar-refractivity contribution in [3.63, 3.8) is 0 Å². The molecule has 0 aliphatic rings. The molecule has 0 aliphatic heterocycles. The van der Waals surface area contributed by atoms with E-state index in [9.17, 15) is 9.90 Å². The number of halogens is 1. The van der Waals surface area contributed by atoms with E-state index in [2.05, 4.69) is 20.7 Å². The highest BCUT2D eigenvalue weighted by Crippen LogP contribution is 2.30. The van der Waals surface area contributed by atoms with Crippen LogP contribution in [0.2, 0.25) is 0 Å². The van der Waals surface area contributed by atoms with E-state index >= 15 is 0 Å². The largest absolute Gasteiger partial charge is 0.506 e. The summed E-state index contributed by atoms with van der Waals surface area (Å²) in [5.41, 5.74) is 1.57. The molecule has 0 amide bonds. The number of carbonyl (C=O) groups excluding carboxylic acids is 1. The van der Waals surface area contributed by atoms with Gasteiger partial charge in [-0.3, -0.25) is 0 Å². The molecule has 1 N–H and O–H groups in total. The van der Waals surface area contributed by atoms with E-state index in [4.69, 9.17) is 0 Å². The SMILES string of the molecule is COC(=O)C=Cc1cc(C)cc(Br)c1O. The molecule has 3 nitrogen and oxygen atoms in total. The van der Waals surface area contributed by atoms with E-state index in [1.165, 1.54) is 19.3 Å². The van der Waals surface area contributed by atoms with Gasteiger partial charge in [-0.2, -0.15) is 0 Å². The maximum Gasteiger partial charge on any atom is 0.330 e. The number of methoxy groups -OCH3 is 1. The third-order valence-electron chi connectivity index (χ3n) is 1.84. The topological polar surface area (TPSA) is 46.5 Å². The van der Waals surface area contributed by atoms with Crippen molar-refractivity contribution in [2.75, 3.05) is 7.11 Å². The molecule has 0 heterocycles. The van der Waals surface area contributed by atoms with E-state index in [1.54, 1.807) is 12.1 Å². The first kappa shape index (κ1) is 11.8. The summed E-state index contributed by atoms with van der Waals surface area (Å²) >= 11 is 3.22. The Morgan fingerprint density at radius 1 is 1.53 bits per heavy atom. The van der Waals surface area contributed by atoms with Crippen LogP contribution in [0.3, 0.4) is 0 Å². The lowest BCUT2D eigenvalue weighted by molar-refractivity contribution is -0.134. The smallest absolute Gasteiger partial charge is 0.330 e. The van der Waals surface area contributed by atoms with Crippen LogP contribution in [0.5, 0.6) is 5.75 Å². The van der Waals surface area contributed by atoms with Crippen LogP contribution in [0.1, 0.15) is 11.1 Å². The van der Waals surface area contributed by atoms with Crippen molar-refractivity contribution in [1.82, 2.24) is 0 Å². The van der Waals surface area contributed by atoms with Crippen molar-refractivity contribution in [1.29, 1.82) is 0 Å². The zero-order valence-electron chi connectivity index (χ0n) is 8.45. The van der Waals surface area contributed by atoms with Gasteiger partial charge in [0.2, 0.25) is 0 Å². The average Bonchev–Trinajstić information content (AvgIpc) is 2.20. The zero-order valence-corrected chi connectivity index (χ0v) is 10.0. The summed E-state index contributed by atoms with van der Waals surface area (Å²) in [7, 11) is 1.30. The van der Waals surface area contributed by atoms with Crippen molar-refractivity contribution in [3.8, 4) is 5.75 Å². The van der Waals surface area contributed by atoms with Crippen LogP contribution >= 0.6 is 15.9 Å². The predicted molar refractivity (Wildman–Crippen MR) is 61.6 cm³/mol. The number of carbonyl (C=O) groups is 1. The Balaban J connectivity index is 3.04. The van der Waals surface area contributed by atoms with Gasteiger partial charge in [0.25, 0.3) is 0 Å². The number of phenolic OH excluding ortho intramolecular Hbond substituents is 1. The Hall–Kier alpha value is -1.29. The number of rotatable bonds is 2. The van der Waals surface area contributed by atoms with Crippen molar-refractivity contribution >= 4 is 28.0 Å². The molecule has 0 saturated heterocycles.